The second-order valence-electron chi connectivity index (χ2n) is 7.91. The Morgan fingerprint density at radius 2 is 2.09 bits per heavy atom. The molecule has 3 amide bonds. The summed E-state index contributed by atoms with van der Waals surface area (Å²) in [4.78, 5) is 37.3. The van der Waals surface area contributed by atoms with Crippen LogP contribution in [0.3, 0.4) is 0 Å². The first-order valence-corrected chi connectivity index (χ1v) is 10.3. The van der Waals surface area contributed by atoms with Crippen molar-refractivity contribution >= 4 is 29.1 Å². The van der Waals surface area contributed by atoms with Crippen molar-refractivity contribution in [3.63, 3.8) is 0 Å². The van der Waals surface area contributed by atoms with E-state index in [1.165, 1.54) is 11.9 Å². The Labute approximate surface area is 185 Å². The number of hydrogen-bond donors (Lipinski definition) is 4. The van der Waals surface area contributed by atoms with E-state index in [9.17, 15) is 19.8 Å². The van der Waals surface area contributed by atoms with Crippen molar-refractivity contribution in [1.82, 2.24) is 15.3 Å². The number of anilines is 3. The van der Waals surface area contributed by atoms with Crippen LogP contribution in [0.1, 0.15) is 6.92 Å². The first-order chi connectivity index (χ1) is 15.4. The van der Waals surface area contributed by atoms with Crippen molar-refractivity contribution in [3.8, 4) is 11.4 Å². The summed E-state index contributed by atoms with van der Waals surface area (Å²) in [6.07, 6.45) is 0.470. The number of carbonyl (C=O) groups is 2. The van der Waals surface area contributed by atoms with Crippen molar-refractivity contribution in [2.75, 3.05) is 55.1 Å². The molecule has 2 aromatic rings. The smallest absolute Gasteiger partial charge is 0.318 e. The highest BCUT2D eigenvalue weighted by Crippen LogP contribution is 2.41. The molecule has 2 atom stereocenters. The topological polar surface area (TPSA) is 140 Å². The second kappa shape index (κ2) is 8.69. The largest absolute Gasteiger partial charge is 0.394 e. The van der Waals surface area contributed by atoms with Crippen molar-refractivity contribution in [2.45, 2.75) is 18.6 Å². The first-order valence-electron chi connectivity index (χ1n) is 10.3. The number of fused-ring (bicyclic) bond motifs is 3. The Hall–Kier alpha value is -3.28. The van der Waals surface area contributed by atoms with Gasteiger partial charge in [0.2, 0.25) is 0 Å². The van der Waals surface area contributed by atoms with Crippen molar-refractivity contribution in [2.24, 2.45) is 0 Å². The quantitative estimate of drug-likeness (QED) is 0.515. The Morgan fingerprint density at radius 3 is 2.78 bits per heavy atom. The molecular formula is C21H26N6O5. The van der Waals surface area contributed by atoms with Crippen LogP contribution in [0, 0.1) is 0 Å². The van der Waals surface area contributed by atoms with Crippen LogP contribution in [0.4, 0.5) is 22.0 Å². The summed E-state index contributed by atoms with van der Waals surface area (Å²) in [7, 11) is 1.54. The van der Waals surface area contributed by atoms with Gasteiger partial charge in [-0.15, -0.1) is 0 Å². The number of aliphatic hydroxyl groups excluding tert-OH is 2. The van der Waals surface area contributed by atoms with E-state index >= 15 is 0 Å². The maximum absolute atomic E-state index is 13.3. The number of nitrogens with zero attached hydrogens (tertiary/aromatic N) is 4. The van der Waals surface area contributed by atoms with Gasteiger partial charge in [-0.25, -0.2) is 14.8 Å². The summed E-state index contributed by atoms with van der Waals surface area (Å²) in [6.45, 7) is 2.38. The number of aliphatic hydroxyl groups is 2. The van der Waals surface area contributed by atoms with Crippen LogP contribution in [-0.2, 0) is 9.53 Å². The minimum atomic E-state index is -1.09. The highest BCUT2D eigenvalue weighted by molar-refractivity contribution is 6.08. The van der Waals surface area contributed by atoms with E-state index in [2.05, 4.69) is 15.6 Å². The summed E-state index contributed by atoms with van der Waals surface area (Å²) in [6, 6.07) is 6.78. The molecule has 4 rings (SSSR count). The minimum Gasteiger partial charge on any atom is -0.394 e. The molecular weight excluding hydrogens is 416 g/mol. The van der Waals surface area contributed by atoms with Crippen molar-refractivity contribution in [1.29, 1.82) is 0 Å². The molecule has 0 unspecified atom stereocenters. The molecule has 0 bridgehead atoms. The van der Waals surface area contributed by atoms with Gasteiger partial charge < -0.3 is 35.4 Å². The van der Waals surface area contributed by atoms with Crippen molar-refractivity contribution in [3.05, 3.63) is 30.5 Å². The maximum atomic E-state index is 13.3. The van der Waals surface area contributed by atoms with Crippen LogP contribution in [0.25, 0.3) is 11.4 Å². The van der Waals surface area contributed by atoms with Gasteiger partial charge in [0.05, 0.1) is 38.7 Å². The Bertz CT molecular complexity index is 1020. The highest BCUT2D eigenvalue weighted by Gasteiger charge is 2.51. The molecule has 1 aromatic carbocycles. The fourth-order valence-corrected chi connectivity index (χ4v) is 3.91. The number of urea groups is 1. The van der Waals surface area contributed by atoms with Gasteiger partial charge in [0, 0.05) is 24.8 Å². The predicted molar refractivity (Wildman–Crippen MR) is 118 cm³/mol. The average Bonchev–Trinajstić information content (AvgIpc) is 2.82. The van der Waals surface area contributed by atoms with Crippen LogP contribution in [-0.4, -0.2) is 83.7 Å². The standard InChI is InChI=1S/C21H26N6O5/c1-21-12-32-8-7-27(21)18-16(26(19(21)30)10-15(29)11-28)9-23-17(25-18)13-3-5-14(6-4-13)24-20(31)22-2/h3-6,9,15,28-29H,7-8,10-12H2,1-2H3,(H2,22,24,31)/t15-,21-/m0/s1. The Balaban J connectivity index is 1.72. The van der Waals surface area contributed by atoms with E-state index in [0.717, 1.165) is 5.56 Å². The predicted octanol–water partition coefficient (Wildman–Crippen LogP) is 0.190. The zero-order valence-corrected chi connectivity index (χ0v) is 17.9. The molecule has 11 heteroatoms. The van der Waals surface area contributed by atoms with Crippen LogP contribution in [0.2, 0.25) is 0 Å². The van der Waals surface area contributed by atoms with Crippen LogP contribution < -0.4 is 20.4 Å². The molecule has 11 nitrogen and oxygen atoms in total. The zero-order chi connectivity index (χ0) is 22.9. The lowest BCUT2D eigenvalue weighted by atomic mass is 9.93. The van der Waals surface area contributed by atoms with Gasteiger partial charge in [-0.1, -0.05) is 0 Å². The summed E-state index contributed by atoms with van der Waals surface area (Å²) in [5.41, 5.74) is 0.863. The molecule has 1 saturated heterocycles. The van der Waals surface area contributed by atoms with Gasteiger partial charge >= 0.3 is 6.03 Å². The fraction of sp³-hybridized carbons (Fsp3) is 0.429. The molecule has 170 valence electrons. The highest BCUT2D eigenvalue weighted by atomic mass is 16.5. The van der Waals surface area contributed by atoms with Gasteiger partial charge in [-0.05, 0) is 31.2 Å². The van der Waals surface area contributed by atoms with Gasteiger partial charge in [-0.3, -0.25) is 4.79 Å². The molecule has 32 heavy (non-hydrogen) atoms. The van der Waals surface area contributed by atoms with E-state index in [0.29, 0.717) is 36.2 Å². The average molecular weight is 442 g/mol. The van der Waals surface area contributed by atoms with Gasteiger partial charge in [0.25, 0.3) is 5.91 Å². The fourth-order valence-electron chi connectivity index (χ4n) is 3.91. The number of aromatic nitrogens is 2. The number of nitrogens with one attached hydrogen (secondary N) is 2. The minimum absolute atomic E-state index is 0.0751. The maximum Gasteiger partial charge on any atom is 0.318 e. The normalized spacial score (nSPS) is 20.9. The lowest BCUT2D eigenvalue weighted by Gasteiger charge is -2.50. The molecule has 0 aliphatic carbocycles. The third-order valence-corrected chi connectivity index (χ3v) is 5.67. The molecule has 2 aliphatic rings. The lowest BCUT2D eigenvalue weighted by Crippen LogP contribution is -2.68. The van der Waals surface area contributed by atoms with E-state index in [-0.39, 0.29) is 25.1 Å². The number of β-amino-alcohol motifs (C(OH)–C–C–N with tert-alkyl or cyclic N) is 1. The lowest BCUT2D eigenvalue weighted by molar-refractivity contribution is -0.128. The second-order valence-corrected chi connectivity index (χ2v) is 7.91. The van der Waals surface area contributed by atoms with Gasteiger partial charge in [0.15, 0.2) is 11.6 Å². The summed E-state index contributed by atoms with van der Waals surface area (Å²) < 4.78 is 5.59. The monoisotopic (exact) mass is 442 g/mol. The Kier molecular flexibility index (Phi) is 5.96. The van der Waals surface area contributed by atoms with Crippen LogP contribution >= 0.6 is 0 Å². The third-order valence-electron chi connectivity index (χ3n) is 5.67. The number of rotatable bonds is 5. The van der Waals surface area contributed by atoms with Crippen LogP contribution in [0.5, 0.6) is 0 Å². The van der Waals surface area contributed by atoms with Gasteiger partial charge in [0.1, 0.15) is 11.2 Å². The number of morpholine rings is 1. The van der Waals surface area contributed by atoms with E-state index in [4.69, 9.17) is 9.72 Å². The number of benzene rings is 1. The summed E-state index contributed by atoms with van der Waals surface area (Å²) >= 11 is 0. The molecule has 2 aliphatic heterocycles. The number of amides is 3. The number of carbonyl (C=O) groups excluding carboxylic acids is 2. The molecule has 0 spiro atoms. The molecule has 0 saturated carbocycles. The van der Waals surface area contributed by atoms with E-state index in [1.54, 1.807) is 37.4 Å². The van der Waals surface area contributed by atoms with Crippen molar-refractivity contribution < 1.29 is 24.5 Å². The Morgan fingerprint density at radius 1 is 1.34 bits per heavy atom. The molecule has 1 aromatic heterocycles. The molecule has 4 N–H and O–H groups in total. The molecule has 0 radical (unpaired) electrons. The van der Waals surface area contributed by atoms with E-state index < -0.39 is 18.2 Å². The number of hydrogen-bond acceptors (Lipinski definition) is 8. The SMILES string of the molecule is CNC(=O)Nc1ccc(-c2ncc3c(n2)N2CCOC[C@@]2(C)C(=O)N3C[C@H](O)CO)cc1. The van der Waals surface area contributed by atoms with E-state index in [1.807, 2.05) is 4.90 Å². The molecule has 1 fully saturated rings. The zero-order valence-electron chi connectivity index (χ0n) is 17.9. The number of ether oxygens (including phenoxy) is 1. The first kappa shape index (κ1) is 21.9. The third kappa shape index (κ3) is 3.85. The molecule has 3 heterocycles. The van der Waals surface area contributed by atoms with Gasteiger partial charge in [-0.2, -0.15) is 0 Å². The summed E-state index contributed by atoms with van der Waals surface area (Å²) in [5.74, 6) is 0.789. The van der Waals surface area contributed by atoms with Crippen LogP contribution in [0.15, 0.2) is 30.5 Å². The summed E-state index contributed by atoms with van der Waals surface area (Å²) in [5, 5.41) is 24.5.